The number of aryl methyl sites for hydroxylation is 2. The van der Waals surface area contributed by atoms with Crippen molar-refractivity contribution in [1.82, 2.24) is 14.8 Å². The molecule has 0 aliphatic carbocycles. The van der Waals surface area contributed by atoms with Crippen LogP contribution in [-0.4, -0.2) is 29.7 Å². The Balaban J connectivity index is 2.57. The van der Waals surface area contributed by atoms with E-state index < -0.39 is 10.0 Å². The Morgan fingerprint density at radius 2 is 2.15 bits per heavy atom. The maximum absolute atomic E-state index is 12.8. The molecule has 108 valence electrons. The molecule has 0 bridgehead atoms. The zero-order chi connectivity index (χ0) is 14.9. The lowest BCUT2D eigenvalue weighted by atomic mass is 10.3. The first-order valence-electron chi connectivity index (χ1n) is 6.01. The molecule has 8 heteroatoms. The summed E-state index contributed by atoms with van der Waals surface area (Å²) in [5.74, 6) is 0. The van der Waals surface area contributed by atoms with Crippen LogP contribution in [0.1, 0.15) is 12.6 Å². The molecule has 0 aliphatic heterocycles. The summed E-state index contributed by atoms with van der Waals surface area (Å²) < 4.78 is 28.7. The van der Waals surface area contributed by atoms with E-state index in [4.69, 9.17) is 0 Å². The lowest BCUT2D eigenvalue weighted by molar-refractivity contribution is 0.572. The monoisotopic (exact) mass is 358 g/mol. The molecular weight excluding hydrogens is 344 g/mol. The van der Waals surface area contributed by atoms with Gasteiger partial charge >= 0.3 is 0 Å². The van der Waals surface area contributed by atoms with E-state index in [9.17, 15) is 8.42 Å². The third-order valence-electron chi connectivity index (χ3n) is 2.90. The van der Waals surface area contributed by atoms with E-state index in [0.29, 0.717) is 22.5 Å². The standard InChI is InChI=1S/C12H15BrN4O2S/c1-4-17(10-6-5-7-14-9(10)2)20(18,19)12-8-11(13)15-16(12)3/h5-8H,4H2,1-3H3. The molecule has 0 N–H and O–H groups in total. The summed E-state index contributed by atoms with van der Waals surface area (Å²) in [5, 5.41) is 4.16. The largest absolute Gasteiger partial charge is 0.281 e. The quantitative estimate of drug-likeness (QED) is 0.839. The van der Waals surface area contributed by atoms with E-state index in [1.807, 2.05) is 0 Å². The van der Waals surface area contributed by atoms with Gasteiger partial charge in [-0.15, -0.1) is 0 Å². The highest BCUT2D eigenvalue weighted by Gasteiger charge is 2.28. The minimum absolute atomic E-state index is 0.134. The summed E-state index contributed by atoms with van der Waals surface area (Å²) >= 11 is 3.19. The molecule has 20 heavy (non-hydrogen) atoms. The van der Waals surface area contributed by atoms with Crippen LogP contribution in [0.2, 0.25) is 0 Å². The Bertz CT molecular complexity index is 727. The maximum Gasteiger partial charge on any atom is 0.281 e. The molecular formula is C12H15BrN4O2S. The fourth-order valence-corrected chi connectivity index (χ4v) is 4.24. The molecule has 0 aromatic carbocycles. The summed E-state index contributed by atoms with van der Waals surface area (Å²) in [6, 6.07) is 4.96. The van der Waals surface area contributed by atoms with Crippen molar-refractivity contribution in [2.45, 2.75) is 18.9 Å². The van der Waals surface area contributed by atoms with Gasteiger partial charge in [0, 0.05) is 25.9 Å². The van der Waals surface area contributed by atoms with Crippen LogP contribution in [0.4, 0.5) is 5.69 Å². The lowest BCUT2D eigenvalue weighted by Gasteiger charge is -2.23. The van der Waals surface area contributed by atoms with Crippen LogP contribution in [0.5, 0.6) is 0 Å². The van der Waals surface area contributed by atoms with E-state index in [-0.39, 0.29) is 5.03 Å². The van der Waals surface area contributed by atoms with Crippen molar-refractivity contribution < 1.29 is 8.42 Å². The van der Waals surface area contributed by atoms with Crippen LogP contribution in [0.3, 0.4) is 0 Å². The van der Waals surface area contributed by atoms with E-state index in [1.165, 1.54) is 15.1 Å². The fourth-order valence-electron chi connectivity index (χ4n) is 1.98. The van der Waals surface area contributed by atoms with Crippen LogP contribution in [-0.2, 0) is 17.1 Å². The minimum Gasteiger partial charge on any atom is -0.264 e. The average molecular weight is 359 g/mol. The van der Waals surface area contributed by atoms with E-state index in [2.05, 4.69) is 26.0 Å². The molecule has 2 aromatic rings. The van der Waals surface area contributed by atoms with Gasteiger partial charge in [0.1, 0.15) is 4.60 Å². The van der Waals surface area contributed by atoms with Gasteiger partial charge in [0.15, 0.2) is 5.03 Å². The van der Waals surface area contributed by atoms with Crippen molar-refractivity contribution in [3.05, 3.63) is 34.7 Å². The van der Waals surface area contributed by atoms with Crippen molar-refractivity contribution in [2.24, 2.45) is 7.05 Å². The number of hydrogen-bond donors (Lipinski definition) is 0. The average Bonchev–Trinajstić information content (AvgIpc) is 2.72. The topological polar surface area (TPSA) is 68.1 Å². The Morgan fingerprint density at radius 1 is 1.45 bits per heavy atom. The predicted molar refractivity (Wildman–Crippen MR) is 80.1 cm³/mol. The molecule has 0 saturated heterocycles. The van der Waals surface area contributed by atoms with Crippen molar-refractivity contribution >= 4 is 31.6 Å². The zero-order valence-corrected chi connectivity index (χ0v) is 13.8. The predicted octanol–water partition coefficient (Wildman–Crippen LogP) is 2.10. The van der Waals surface area contributed by atoms with Gasteiger partial charge in [-0.25, -0.2) is 0 Å². The number of hydrogen-bond acceptors (Lipinski definition) is 4. The van der Waals surface area contributed by atoms with E-state index in [1.54, 1.807) is 39.2 Å². The molecule has 0 saturated carbocycles. The smallest absolute Gasteiger partial charge is 0.264 e. The molecule has 6 nitrogen and oxygen atoms in total. The van der Waals surface area contributed by atoms with Crippen LogP contribution in [0.15, 0.2) is 34.0 Å². The number of nitrogens with zero attached hydrogens (tertiary/aromatic N) is 4. The molecule has 0 fully saturated rings. The van der Waals surface area contributed by atoms with Crippen molar-refractivity contribution in [1.29, 1.82) is 0 Å². The van der Waals surface area contributed by atoms with Crippen molar-refractivity contribution in [3.63, 3.8) is 0 Å². The first-order valence-corrected chi connectivity index (χ1v) is 8.25. The van der Waals surface area contributed by atoms with Gasteiger partial charge < -0.3 is 0 Å². The first kappa shape index (κ1) is 15.0. The van der Waals surface area contributed by atoms with Gasteiger partial charge in [0.05, 0.1) is 11.4 Å². The summed E-state index contributed by atoms with van der Waals surface area (Å²) in [6.45, 7) is 3.89. The SMILES string of the molecule is CCN(c1cccnc1C)S(=O)(=O)c1cc(Br)nn1C. The Hall–Kier alpha value is -1.41. The number of aromatic nitrogens is 3. The van der Waals surface area contributed by atoms with Gasteiger partial charge in [0.2, 0.25) is 0 Å². The van der Waals surface area contributed by atoms with Gasteiger partial charge in [-0.2, -0.15) is 13.5 Å². The van der Waals surface area contributed by atoms with Gasteiger partial charge in [0.25, 0.3) is 10.0 Å². The third kappa shape index (κ3) is 2.57. The summed E-state index contributed by atoms with van der Waals surface area (Å²) in [4.78, 5) is 4.14. The molecule has 0 aliphatic rings. The Kier molecular flexibility index (Phi) is 4.14. The minimum atomic E-state index is -3.67. The molecule has 2 aromatic heterocycles. The molecule has 2 rings (SSSR count). The van der Waals surface area contributed by atoms with Crippen molar-refractivity contribution in [2.75, 3.05) is 10.8 Å². The lowest BCUT2D eigenvalue weighted by Crippen LogP contribution is -2.32. The second-order valence-corrected chi connectivity index (χ2v) is 6.83. The summed E-state index contributed by atoms with van der Waals surface area (Å²) in [7, 11) is -2.07. The fraction of sp³-hybridized carbons (Fsp3) is 0.333. The number of sulfonamides is 1. The molecule has 0 unspecified atom stereocenters. The van der Waals surface area contributed by atoms with Crippen LogP contribution < -0.4 is 4.31 Å². The molecule has 2 heterocycles. The highest BCUT2D eigenvalue weighted by Crippen LogP contribution is 2.26. The maximum atomic E-state index is 12.8. The second-order valence-electron chi connectivity index (χ2n) is 4.21. The van der Waals surface area contributed by atoms with Crippen LogP contribution in [0, 0.1) is 6.92 Å². The van der Waals surface area contributed by atoms with Crippen molar-refractivity contribution in [3.8, 4) is 0 Å². The number of halogens is 1. The van der Waals surface area contributed by atoms with Crippen LogP contribution in [0.25, 0.3) is 0 Å². The molecule has 0 radical (unpaired) electrons. The van der Waals surface area contributed by atoms with Gasteiger partial charge in [-0.3, -0.25) is 14.0 Å². The van der Waals surface area contributed by atoms with E-state index >= 15 is 0 Å². The third-order valence-corrected chi connectivity index (χ3v) is 5.23. The molecule has 0 amide bonds. The number of anilines is 1. The Labute approximate surface area is 126 Å². The zero-order valence-electron chi connectivity index (χ0n) is 11.4. The Morgan fingerprint density at radius 3 is 2.65 bits per heavy atom. The summed E-state index contributed by atoms with van der Waals surface area (Å²) in [5.41, 5.74) is 1.24. The highest BCUT2D eigenvalue weighted by atomic mass is 79.9. The number of pyridine rings is 1. The van der Waals surface area contributed by atoms with Gasteiger partial charge in [-0.1, -0.05) is 0 Å². The second kappa shape index (κ2) is 5.53. The number of rotatable bonds is 4. The highest BCUT2D eigenvalue weighted by molar-refractivity contribution is 9.10. The normalized spacial score (nSPS) is 11.6. The van der Waals surface area contributed by atoms with Gasteiger partial charge in [-0.05, 0) is 41.9 Å². The first-order chi connectivity index (χ1) is 9.37. The summed E-state index contributed by atoms with van der Waals surface area (Å²) in [6.07, 6.45) is 1.64. The van der Waals surface area contributed by atoms with E-state index in [0.717, 1.165) is 0 Å². The van der Waals surface area contributed by atoms with Crippen LogP contribution >= 0.6 is 15.9 Å². The molecule has 0 spiro atoms. The molecule has 0 atom stereocenters.